The molecule has 0 aromatic heterocycles. The summed E-state index contributed by atoms with van der Waals surface area (Å²) in [6.07, 6.45) is 0. The van der Waals surface area contributed by atoms with Gasteiger partial charge in [-0.3, -0.25) is 0 Å². The van der Waals surface area contributed by atoms with Crippen molar-refractivity contribution < 1.29 is 9.90 Å². The van der Waals surface area contributed by atoms with E-state index in [0.29, 0.717) is 5.69 Å². The summed E-state index contributed by atoms with van der Waals surface area (Å²) < 4.78 is 0. The van der Waals surface area contributed by atoms with E-state index >= 15 is 0 Å². The van der Waals surface area contributed by atoms with Crippen LogP contribution < -0.4 is 10.6 Å². The maximum Gasteiger partial charge on any atom is 0.323 e. The Kier molecular flexibility index (Phi) is 3.71. The number of hydrogen-bond acceptors (Lipinski definition) is 2. The van der Waals surface area contributed by atoms with Gasteiger partial charge in [-0.2, -0.15) is 0 Å². The van der Waals surface area contributed by atoms with Crippen molar-refractivity contribution in [1.82, 2.24) is 0 Å². The number of amides is 2. The highest BCUT2D eigenvalue weighted by Crippen LogP contribution is 2.17. The van der Waals surface area contributed by atoms with Crippen LogP contribution in [0, 0.1) is 13.8 Å². The highest BCUT2D eigenvalue weighted by atomic mass is 16.3. The van der Waals surface area contributed by atoms with Crippen LogP contribution in [-0.4, -0.2) is 11.1 Å². The normalized spacial score (nSPS) is 10.0. The Morgan fingerprint density at radius 3 is 2.37 bits per heavy atom. The van der Waals surface area contributed by atoms with Gasteiger partial charge in [-0.25, -0.2) is 4.79 Å². The molecule has 2 amide bonds. The Morgan fingerprint density at radius 1 is 1.00 bits per heavy atom. The average Bonchev–Trinajstić information content (AvgIpc) is 2.37. The molecule has 0 saturated heterocycles. The summed E-state index contributed by atoms with van der Waals surface area (Å²) in [5.41, 5.74) is 3.51. The van der Waals surface area contributed by atoms with Gasteiger partial charge in [0.15, 0.2) is 0 Å². The van der Waals surface area contributed by atoms with Gasteiger partial charge in [0.2, 0.25) is 0 Å². The first-order valence-electron chi connectivity index (χ1n) is 5.99. The van der Waals surface area contributed by atoms with Crippen LogP contribution in [0.15, 0.2) is 42.5 Å². The van der Waals surface area contributed by atoms with Crippen molar-refractivity contribution in [3.05, 3.63) is 53.6 Å². The first kappa shape index (κ1) is 13.0. The number of rotatable bonds is 2. The minimum absolute atomic E-state index is 0.167. The summed E-state index contributed by atoms with van der Waals surface area (Å²) in [5, 5.41) is 14.7. The quantitative estimate of drug-likeness (QED) is 0.718. The van der Waals surface area contributed by atoms with Gasteiger partial charge in [-0.15, -0.1) is 0 Å². The lowest BCUT2D eigenvalue weighted by atomic mass is 10.1. The van der Waals surface area contributed by atoms with Crippen molar-refractivity contribution in [2.75, 3.05) is 10.6 Å². The lowest BCUT2D eigenvalue weighted by Gasteiger charge is -2.10. The Bertz CT molecular complexity index is 592. The van der Waals surface area contributed by atoms with Gasteiger partial charge in [0.05, 0.1) is 0 Å². The molecule has 4 nitrogen and oxygen atoms in total. The maximum absolute atomic E-state index is 11.8. The highest BCUT2D eigenvalue weighted by Gasteiger charge is 2.05. The van der Waals surface area contributed by atoms with E-state index in [4.69, 9.17) is 5.11 Å². The van der Waals surface area contributed by atoms with Crippen LogP contribution in [-0.2, 0) is 0 Å². The summed E-state index contributed by atoms with van der Waals surface area (Å²) in [7, 11) is 0. The van der Waals surface area contributed by atoms with E-state index in [2.05, 4.69) is 10.6 Å². The van der Waals surface area contributed by atoms with E-state index in [9.17, 15) is 4.79 Å². The van der Waals surface area contributed by atoms with E-state index in [1.807, 2.05) is 32.0 Å². The number of phenolic OH excluding ortho intramolecular Hbond substituents is 1. The first-order valence-corrected chi connectivity index (χ1v) is 5.99. The number of anilines is 2. The fourth-order valence-corrected chi connectivity index (χ4v) is 1.70. The molecule has 2 rings (SSSR count). The van der Waals surface area contributed by atoms with E-state index < -0.39 is 0 Å². The second-order valence-electron chi connectivity index (χ2n) is 4.44. The van der Waals surface area contributed by atoms with Crippen LogP contribution in [0.3, 0.4) is 0 Å². The lowest BCUT2D eigenvalue weighted by molar-refractivity contribution is 0.262. The number of benzene rings is 2. The molecule has 0 atom stereocenters. The predicted octanol–water partition coefficient (Wildman–Crippen LogP) is 3.65. The molecule has 0 heterocycles. The van der Waals surface area contributed by atoms with Crippen molar-refractivity contribution in [2.24, 2.45) is 0 Å². The zero-order valence-electron chi connectivity index (χ0n) is 10.9. The van der Waals surface area contributed by atoms with Crippen LogP contribution in [0.25, 0.3) is 0 Å². The molecular weight excluding hydrogens is 240 g/mol. The molecule has 0 radical (unpaired) electrons. The third-order valence-electron chi connectivity index (χ3n) is 2.77. The molecule has 0 aliphatic rings. The molecule has 0 saturated carbocycles. The maximum atomic E-state index is 11.8. The van der Waals surface area contributed by atoms with Crippen LogP contribution in [0.4, 0.5) is 16.2 Å². The molecule has 0 aliphatic carbocycles. The number of aromatic hydroxyl groups is 1. The number of nitrogens with one attached hydrogen (secondary N) is 2. The SMILES string of the molecule is Cc1ccc(C)c(NC(=O)Nc2ccc(O)cc2)c1. The molecule has 4 heteroatoms. The molecule has 19 heavy (non-hydrogen) atoms. The van der Waals surface area contributed by atoms with E-state index in [0.717, 1.165) is 16.8 Å². The summed E-state index contributed by atoms with van der Waals surface area (Å²) in [5.74, 6) is 0.167. The van der Waals surface area contributed by atoms with E-state index in [1.165, 1.54) is 12.1 Å². The van der Waals surface area contributed by atoms with Gasteiger partial charge < -0.3 is 15.7 Å². The van der Waals surface area contributed by atoms with Crippen molar-refractivity contribution >= 4 is 17.4 Å². The number of hydrogen-bond donors (Lipinski definition) is 3. The number of carbonyl (C=O) groups is 1. The minimum Gasteiger partial charge on any atom is -0.508 e. The van der Waals surface area contributed by atoms with Crippen molar-refractivity contribution in [1.29, 1.82) is 0 Å². The monoisotopic (exact) mass is 256 g/mol. The van der Waals surface area contributed by atoms with Gasteiger partial charge in [0, 0.05) is 11.4 Å². The number of aryl methyl sites for hydroxylation is 2. The van der Waals surface area contributed by atoms with E-state index in [-0.39, 0.29) is 11.8 Å². The zero-order valence-corrected chi connectivity index (χ0v) is 10.9. The Morgan fingerprint density at radius 2 is 1.68 bits per heavy atom. The van der Waals surface area contributed by atoms with Crippen LogP contribution >= 0.6 is 0 Å². The third-order valence-corrected chi connectivity index (χ3v) is 2.77. The van der Waals surface area contributed by atoms with Crippen molar-refractivity contribution in [2.45, 2.75) is 13.8 Å². The molecular formula is C15H16N2O2. The van der Waals surface area contributed by atoms with E-state index in [1.54, 1.807) is 12.1 Å². The molecule has 98 valence electrons. The van der Waals surface area contributed by atoms with Crippen molar-refractivity contribution in [3.8, 4) is 5.75 Å². The zero-order chi connectivity index (χ0) is 13.8. The van der Waals surface area contributed by atoms with Crippen LogP contribution in [0.2, 0.25) is 0 Å². The van der Waals surface area contributed by atoms with Crippen LogP contribution in [0.5, 0.6) is 5.75 Å². The van der Waals surface area contributed by atoms with Gasteiger partial charge >= 0.3 is 6.03 Å². The fourth-order valence-electron chi connectivity index (χ4n) is 1.70. The summed E-state index contributed by atoms with van der Waals surface area (Å²) >= 11 is 0. The molecule has 3 N–H and O–H groups in total. The van der Waals surface area contributed by atoms with Crippen LogP contribution in [0.1, 0.15) is 11.1 Å². The summed E-state index contributed by atoms with van der Waals surface area (Å²) in [6.45, 7) is 3.91. The topological polar surface area (TPSA) is 61.4 Å². The lowest BCUT2D eigenvalue weighted by Crippen LogP contribution is -2.19. The smallest absolute Gasteiger partial charge is 0.323 e. The van der Waals surface area contributed by atoms with Crippen molar-refractivity contribution in [3.63, 3.8) is 0 Å². The predicted molar refractivity (Wildman–Crippen MR) is 76.7 cm³/mol. The van der Waals surface area contributed by atoms with Gasteiger partial charge in [0.25, 0.3) is 0 Å². The Balaban J connectivity index is 2.05. The van der Waals surface area contributed by atoms with Gasteiger partial charge in [-0.05, 0) is 55.3 Å². The molecule has 0 bridgehead atoms. The Hall–Kier alpha value is -2.49. The van der Waals surface area contributed by atoms with Gasteiger partial charge in [-0.1, -0.05) is 12.1 Å². The standard InChI is InChI=1S/C15H16N2O2/c1-10-3-4-11(2)14(9-10)17-15(19)16-12-5-7-13(18)8-6-12/h3-9,18H,1-2H3,(H2,16,17,19). The number of carbonyl (C=O) groups excluding carboxylic acids is 1. The summed E-state index contributed by atoms with van der Waals surface area (Å²) in [6, 6.07) is 11.9. The third kappa shape index (κ3) is 3.48. The second kappa shape index (κ2) is 5.44. The molecule has 0 fully saturated rings. The molecule has 0 unspecified atom stereocenters. The number of phenols is 1. The second-order valence-corrected chi connectivity index (χ2v) is 4.44. The number of urea groups is 1. The van der Waals surface area contributed by atoms with Gasteiger partial charge in [0.1, 0.15) is 5.75 Å². The molecule has 2 aromatic rings. The Labute approximate surface area is 112 Å². The molecule has 2 aromatic carbocycles. The summed E-state index contributed by atoms with van der Waals surface area (Å²) in [4.78, 5) is 11.8. The largest absolute Gasteiger partial charge is 0.508 e. The minimum atomic E-state index is -0.306. The fraction of sp³-hybridized carbons (Fsp3) is 0.133. The molecule has 0 aliphatic heterocycles. The molecule has 0 spiro atoms. The average molecular weight is 256 g/mol. The highest BCUT2D eigenvalue weighted by molar-refractivity contribution is 6.00. The first-order chi connectivity index (χ1) is 9.04.